The molecule has 3 aromatic heterocycles. The quantitative estimate of drug-likeness (QED) is 0.454. The molecule has 0 aliphatic heterocycles. The zero-order chi connectivity index (χ0) is 21.4. The van der Waals surface area contributed by atoms with Crippen LogP contribution in [0.15, 0.2) is 41.2 Å². The summed E-state index contributed by atoms with van der Waals surface area (Å²) in [7, 11) is 0. The van der Waals surface area contributed by atoms with E-state index < -0.39 is 17.9 Å². The fourth-order valence-electron chi connectivity index (χ4n) is 3.12. The first-order valence-corrected chi connectivity index (χ1v) is 9.84. The van der Waals surface area contributed by atoms with Crippen LogP contribution < -0.4 is 5.32 Å². The molecule has 1 aromatic carbocycles. The van der Waals surface area contributed by atoms with Gasteiger partial charge in [-0.3, -0.25) is 4.79 Å². The number of amides is 1. The van der Waals surface area contributed by atoms with E-state index in [0.717, 1.165) is 0 Å². The summed E-state index contributed by atoms with van der Waals surface area (Å²) < 4.78 is 12.4. The number of nitrogens with zero attached hydrogens (tertiary/aromatic N) is 3. The molecule has 0 radical (unpaired) electrons. The summed E-state index contributed by atoms with van der Waals surface area (Å²) >= 11 is 12.6. The molecule has 30 heavy (non-hydrogen) atoms. The van der Waals surface area contributed by atoms with E-state index in [2.05, 4.69) is 15.4 Å². The van der Waals surface area contributed by atoms with Crippen molar-refractivity contribution in [2.75, 3.05) is 6.61 Å². The van der Waals surface area contributed by atoms with Gasteiger partial charge in [0.05, 0.1) is 23.9 Å². The van der Waals surface area contributed by atoms with Gasteiger partial charge in [-0.1, -0.05) is 23.2 Å². The largest absolute Gasteiger partial charge is 0.462 e. The Kier molecular flexibility index (Phi) is 5.36. The second-order valence-electron chi connectivity index (χ2n) is 6.47. The number of rotatable bonds is 5. The van der Waals surface area contributed by atoms with Crippen molar-refractivity contribution in [3.63, 3.8) is 0 Å². The second kappa shape index (κ2) is 7.97. The van der Waals surface area contributed by atoms with E-state index in [4.69, 9.17) is 32.4 Å². The lowest BCUT2D eigenvalue weighted by Crippen LogP contribution is -2.26. The maximum absolute atomic E-state index is 12.8. The van der Waals surface area contributed by atoms with Crippen LogP contribution in [0.5, 0.6) is 0 Å². The predicted octanol–water partition coefficient (Wildman–Crippen LogP) is 4.45. The predicted molar refractivity (Wildman–Crippen MR) is 111 cm³/mol. The number of carbonyl (C=O) groups excluding carboxylic acids is 2. The smallest absolute Gasteiger partial charge is 0.342 e. The van der Waals surface area contributed by atoms with E-state index in [1.165, 1.54) is 16.8 Å². The average Bonchev–Trinajstić information content (AvgIpc) is 3.29. The Hall–Kier alpha value is -3.10. The second-order valence-corrected chi connectivity index (χ2v) is 7.29. The summed E-state index contributed by atoms with van der Waals surface area (Å²) in [6.45, 7) is 3.62. The van der Waals surface area contributed by atoms with Crippen LogP contribution in [0.4, 0.5) is 0 Å². The molecular formula is C20H16Cl2N4O4. The van der Waals surface area contributed by atoms with E-state index in [0.29, 0.717) is 21.6 Å². The van der Waals surface area contributed by atoms with Crippen LogP contribution in [0.25, 0.3) is 16.6 Å². The fraction of sp³-hybridized carbons (Fsp3) is 0.200. The van der Waals surface area contributed by atoms with E-state index in [-0.39, 0.29) is 28.5 Å². The van der Waals surface area contributed by atoms with E-state index in [1.54, 1.807) is 38.4 Å². The van der Waals surface area contributed by atoms with Crippen LogP contribution in [0.1, 0.15) is 46.4 Å². The molecule has 0 bridgehead atoms. The van der Waals surface area contributed by atoms with Crippen molar-refractivity contribution in [2.45, 2.75) is 19.9 Å². The highest BCUT2D eigenvalue weighted by Gasteiger charge is 2.25. The third-order valence-corrected chi connectivity index (χ3v) is 5.09. The van der Waals surface area contributed by atoms with Gasteiger partial charge in [-0.05, 0) is 32.0 Å². The number of nitrogens with one attached hydrogen (secondary N) is 1. The van der Waals surface area contributed by atoms with Crippen molar-refractivity contribution in [2.24, 2.45) is 0 Å². The van der Waals surface area contributed by atoms with Crippen LogP contribution in [-0.4, -0.2) is 33.1 Å². The van der Waals surface area contributed by atoms with Gasteiger partial charge >= 0.3 is 5.97 Å². The van der Waals surface area contributed by atoms with E-state index in [1.807, 2.05) is 0 Å². The zero-order valence-electron chi connectivity index (χ0n) is 16.0. The number of hydrogen-bond acceptors (Lipinski definition) is 6. The van der Waals surface area contributed by atoms with Gasteiger partial charge in [0, 0.05) is 22.8 Å². The highest BCUT2D eigenvalue weighted by Crippen LogP contribution is 2.38. The lowest BCUT2D eigenvalue weighted by atomic mass is 10.1. The molecule has 1 N–H and O–H groups in total. The van der Waals surface area contributed by atoms with Gasteiger partial charge in [0.2, 0.25) is 0 Å². The molecule has 1 atom stereocenters. The molecule has 3 heterocycles. The normalized spacial score (nSPS) is 12.3. The highest BCUT2D eigenvalue weighted by atomic mass is 35.5. The number of halogens is 2. The lowest BCUT2D eigenvalue weighted by molar-refractivity contribution is 0.0527. The van der Waals surface area contributed by atoms with Crippen LogP contribution in [0.2, 0.25) is 10.0 Å². The topological polar surface area (TPSA) is 98.7 Å². The summed E-state index contributed by atoms with van der Waals surface area (Å²) in [6, 6.07) is 4.16. The zero-order valence-corrected chi connectivity index (χ0v) is 17.5. The first kappa shape index (κ1) is 20.2. The lowest BCUT2D eigenvalue weighted by Gasteiger charge is -2.11. The van der Waals surface area contributed by atoms with Crippen molar-refractivity contribution < 1.29 is 18.7 Å². The summed E-state index contributed by atoms with van der Waals surface area (Å²) in [5, 5.41) is 7.96. The van der Waals surface area contributed by atoms with Crippen LogP contribution in [-0.2, 0) is 4.74 Å². The number of furan rings is 1. The molecule has 0 spiro atoms. The molecule has 4 rings (SSSR count). The fourth-order valence-corrected chi connectivity index (χ4v) is 3.68. The van der Waals surface area contributed by atoms with Gasteiger partial charge < -0.3 is 14.5 Å². The maximum atomic E-state index is 12.8. The number of ether oxygens (including phenoxy) is 1. The van der Waals surface area contributed by atoms with Gasteiger partial charge in [0.25, 0.3) is 5.91 Å². The number of benzene rings is 1. The van der Waals surface area contributed by atoms with E-state index >= 15 is 0 Å². The minimum Gasteiger partial charge on any atom is -0.462 e. The summed E-state index contributed by atoms with van der Waals surface area (Å²) in [5.41, 5.74) is 1.15. The van der Waals surface area contributed by atoms with Crippen LogP contribution in [0, 0.1) is 0 Å². The van der Waals surface area contributed by atoms with Gasteiger partial charge in [0.15, 0.2) is 11.2 Å². The van der Waals surface area contributed by atoms with Crippen LogP contribution >= 0.6 is 23.2 Å². The molecule has 8 nitrogen and oxygen atoms in total. The van der Waals surface area contributed by atoms with Gasteiger partial charge in [-0.15, -0.1) is 0 Å². The Balaban J connectivity index is 1.68. The summed E-state index contributed by atoms with van der Waals surface area (Å²) in [5.74, 6) is -0.676. The molecule has 0 fully saturated rings. The number of hydrogen-bond donors (Lipinski definition) is 1. The Labute approximate surface area is 180 Å². The molecule has 10 heteroatoms. The standard InChI is InChI=1S/C20H16Cl2N4O4/c1-3-29-20(28)13-8-11(21)7-12-15(22)16(30-17(12)13)10(2)25-19(27)14-9-24-26-6-4-5-23-18(14)26/h4-10H,3H2,1-2H3,(H,25,27)/t10-/m0/s1. The molecule has 0 aliphatic rings. The minimum atomic E-state index is -0.607. The van der Waals surface area contributed by atoms with E-state index in [9.17, 15) is 9.59 Å². The number of carbonyl (C=O) groups is 2. The van der Waals surface area contributed by atoms with Gasteiger partial charge in [-0.25, -0.2) is 14.3 Å². The van der Waals surface area contributed by atoms with Gasteiger partial charge in [-0.2, -0.15) is 5.10 Å². The molecule has 0 saturated heterocycles. The maximum Gasteiger partial charge on any atom is 0.342 e. The molecule has 4 aromatic rings. The van der Waals surface area contributed by atoms with Crippen molar-refractivity contribution in [1.29, 1.82) is 0 Å². The monoisotopic (exact) mass is 446 g/mol. The molecule has 0 unspecified atom stereocenters. The number of esters is 1. The first-order chi connectivity index (χ1) is 14.4. The van der Waals surface area contributed by atoms with Crippen molar-refractivity contribution in [3.05, 3.63) is 63.7 Å². The molecule has 154 valence electrons. The highest BCUT2D eigenvalue weighted by molar-refractivity contribution is 6.38. The Morgan fingerprint density at radius 3 is 2.87 bits per heavy atom. The SMILES string of the molecule is CCOC(=O)c1cc(Cl)cc2c(Cl)c([C@H](C)NC(=O)c3cnn4cccnc34)oc12. The van der Waals surface area contributed by atoms with Crippen molar-refractivity contribution >= 4 is 51.7 Å². The molecule has 0 aliphatic carbocycles. The number of fused-ring (bicyclic) bond motifs is 2. The number of aromatic nitrogens is 3. The summed E-state index contributed by atoms with van der Waals surface area (Å²) in [6.07, 6.45) is 4.70. The third kappa shape index (κ3) is 3.48. The van der Waals surface area contributed by atoms with Gasteiger partial charge in [0.1, 0.15) is 16.9 Å². The Bertz CT molecular complexity index is 1280. The average molecular weight is 447 g/mol. The molecule has 1 amide bonds. The minimum absolute atomic E-state index is 0.165. The van der Waals surface area contributed by atoms with Crippen LogP contribution in [0.3, 0.4) is 0 Å². The van der Waals surface area contributed by atoms with Crippen molar-refractivity contribution in [3.8, 4) is 0 Å². The first-order valence-electron chi connectivity index (χ1n) is 9.08. The molecular weight excluding hydrogens is 431 g/mol. The third-order valence-electron chi connectivity index (χ3n) is 4.48. The summed E-state index contributed by atoms with van der Waals surface area (Å²) in [4.78, 5) is 29.2. The Morgan fingerprint density at radius 2 is 2.10 bits per heavy atom. The Morgan fingerprint density at radius 1 is 1.30 bits per heavy atom. The van der Waals surface area contributed by atoms with Crippen molar-refractivity contribution in [1.82, 2.24) is 19.9 Å². The molecule has 0 saturated carbocycles.